The molecule has 0 aliphatic heterocycles. The number of anilines is 1. The van der Waals surface area contributed by atoms with Gasteiger partial charge >= 0.3 is 0 Å². The number of imidazole rings is 1. The molecule has 6 heteroatoms. The van der Waals surface area contributed by atoms with Crippen LogP contribution in [0.25, 0.3) is 22.6 Å². The van der Waals surface area contributed by atoms with Gasteiger partial charge in [0.2, 0.25) is 0 Å². The van der Waals surface area contributed by atoms with E-state index in [0.717, 1.165) is 21.4 Å². The lowest BCUT2D eigenvalue weighted by Gasteiger charge is -2.02. The van der Waals surface area contributed by atoms with Gasteiger partial charge in [0.25, 0.3) is 0 Å². The van der Waals surface area contributed by atoms with E-state index in [-0.39, 0.29) is 0 Å². The molecular formula is C12H10BrN5. The Bertz CT molecular complexity index is 734. The molecular weight excluding hydrogens is 294 g/mol. The number of fused-ring (bicyclic) bond motifs is 1. The number of nitrogens with zero attached hydrogens (tertiary/aromatic N) is 3. The van der Waals surface area contributed by atoms with Crippen molar-refractivity contribution < 1.29 is 0 Å². The minimum Gasteiger partial charge on any atom is -0.382 e. The summed E-state index contributed by atoms with van der Waals surface area (Å²) in [5, 5.41) is 0. The molecule has 0 amide bonds. The van der Waals surface area contributed by atoms with Gasteiger partial charge in [0.05, 0.1) is 0 Å². The Balaban J connectivity index is 2.26. The van der Waals surface area contributed by atoms with Crippen LogP contribution in [0.5, 0.6) is 0 Å². The number of hydrogen-bond acceptors (Lipinski definition) is 4. The highest BCUT2D eigenvalue weighted by Crippen LogP contribution is 2.26. The lowest BCUT2D eigenvalue weighted by Crippen LogP contribution is -1.91. The number of aryl methyl sites for hydroxylation is 1. The predicted molar refractivity (Wildman–Crippen MR) is 74.0 cm³/mol. The molecule has 0 aliphatic rings. The van der Waals surface area contributed by atoms with Crippen LogP contribution < -0.4 is 5.73 Å². The highest BCUT2D eigenvalue weighted by molar-refractivity contribution is 9.10. The van der Waals surface area contributed by atoms with Crippen LogP contribution in [0.3, 0.4) is 0 Å². The lowest BCUT2D eigenvalue weighted by molar-refractivity contribution is 1.21. The molecule has 3 aromatic rings. The minimum atomic E-state index is 0.409. The maximum atomic E-state index is 5.78. The number of benzene rings is 1. The van der Waals surface area contributed by atoms with Gasteiger partial charge in [0.1, 0.15) is 17.7 Å². The first-order valence-corrected chi connectivity index (χ1v) is 6.17. The summed E-state index contributed by atoms with van der Waals surface area (Å²) in [5.41, 5.74) is 9.18. The third-order valence-corrected chi connectivity index (χ3v) is 3.27. The summed E-state index contributed by atoms with van der Waals surface area (Å²) in [7, 11) is 0. The van der Waals surface area contributed by atoms with Gasteiger partial charge in [-0.25, -0.2) is 15.0 Å². The summed E-state index contributed by atoms with van der Waals surface area (Å²) in [6, 6.07) is 6.04. The summed E-state index contributed by atoms with van der Waals surface area (Å²) in [6.07, 6.45) is 1.41. The summed E-state index contributed by atoms with van der Waals surface area (Å²) < 4.78 is 1.00. The quantitative estimate of drug-likeness (QED) is 0.724. The van der Waals surface area contributed by atoms with E-state index in [4.69, 9.17) is 5.73 Å². The van der Waals surface area contributed by atoms with Crippen molar-refractivity contribution in [3.05, 3.63) is 34.6 Å². The summed E-state index contributed by atoms with van der Waals surface area (Å²) >= 11 is 3.46. The molecule has 0 fully saturated rings. The van der Waals surface area contributed by atoms with E-state index in [0.29, 0.717) is 17.0 Å². The van der Waals surface area contributed by atoms with E-state index < -0.39 is 0 Å². The van der Waals surface area contributed by atoms with E-state index in [1.165, 1.54) is 6.33 Å². The average molecular weight is 304 g/mol. The van der Waals surface area contributed by atoms with E-state index in [1.807, 2.05) is 25.1 Å². The zero-order valence-corrected chi connectivity index (χ0v) is 11.2. The van der Waals surface area contributed by atoms with Crippen LogP contribution in [0.2, 0.25) is 0 Å². The van der Waals surface area contributed by atoms with Crippen molar-refractivity contribution in [2.24, 2.45) is 0 Å². The van der Waals surface area contributed by atoms with E-state index in [9.17, 15) is 0 Å². The fourth-order valence-electron chi connectivity index (χ4n) is 1.82. The van der Waals surface area contributed by atoms with Crippen molar-refractivity contribution in [1.82, 2.24) is 19.9 Å². The standard InChI is InChI=1S/C12H10BrN5/c1-6-2-3-7(13)4-8(6)11-17-9-10(14)15-5-16-12(9)18-11/h2-5H,1H3,(H3,14,15,16,17,18). The number of aromatic nitrogens is 4. The molecule has 18 heavy (non-hydrogen) atoms. The SMILES string of the molecule is Cc1ccc(Br)cc1-c1nc2ncnc(N)c2[nH]1. The highest BCUT2D eigenvalue weighted by atomic mass is 79.9. The molecule has 2 aromatic heterocycles. The van der Waals surface area contributed by atoms with Crippen molar-refractivity contribution >= 4 is 32.9 Å². The predicted octanol–water partition coefficient (Wildman–Crippen LogP) is 2.67. The maximum Gasteiger partial charge on any atom is 0.183 e. The molecule has 0 aliphatic carbocycles. The fourth-order valence-corrected chi connectivity index (χ4v) is 2.18. The number of H-pyrrole nitrogens is 1. The van der Waals surface area contributed by atoms with Gasteiger partial charge in [-0.1, -0.05) is 22.0 Å². The summed E-state index contributed by atoms with van der Waals surface area (Å²) in [6.45, 7) is 2.03. The second-order valence-electron chi connectivity index (χ2n) is 4.00. The zero-order valence-electron chi connectivity index (χ0n) is 9.61. The van der Waals surface area contributed by atoms with Crippen LogP contribution in [0, 0.1) is 6.92 Å². The first-order chi connectivity index (χ1) is 8.65. The van der Waals surface area contributed by atoms with E-state index >= 15 is 0 Å². The van der Waals surface area contributed by atoms with Crippen LogP contribution in [0.4, 0.5) is 5.82 Å². The Hall–Kier alpha value is -1.95. The Morgan fingerprint density at radius 2 is 2.11 bits per heavy atom. The Morgan fingerprint density at radius 3 is 2.89 bits per heavy atom. The molecule has 1 aromatic carbocycles. The van der Waals surface area contributed by atoms with Crippen molar-refractivity contribution in [2.75, 3.05) is 5.73 Å². The minimum absolute atomic E-state index is 0.409. The first kappa shape index (κ1) is 11.2. The number of nitrogen functional groups attached to an aromatic ring is 1. The second-order valence-corrected chi connectivity index (χ2v) is 4.92. The molecule has 0 atom stereocenters. The van der Waals surface area contributed by atoms with Crippen LogP contribution in [-0.4, -0.2) is 19.9 Å². The molecule has 3 rings (SSSR count). The van der Waals surface area contributed by atoms with Crippen LogP contribution >= 0.6 is 15.9 Å². The van der Waals surface area contributed by atoms with Gasteiger partial charge in [-0.15, -0.1) is 0 Å². The Morgan fingerprint density at radius 1 is 1.28 bits per heavy atom. The smallest absolute Gasteiger partial charge is 0.183 e. The molecule has 0 saturated heterocycles. The van der Waals surface area contributed by atoms with Crippen molar-refractivity contribution in [1.29, 1.82) is 0 Å². The molecule has 0 bridgehead atoms. The Kier molecular flexibility index (Phi) is 2.52. The topological polar surface area (TPSA) is 80.5 Å². The largest absolute Gasteiger partial charge is 0.382 e. The Labute approximate surface area is 112 Å². The number of halogens is 1. The van der Waals surface area contributed by atoms with Gasteiger partial charge < -0.3 is 10.7 Å². The van der Waals surface area contributed by atoms with Crippen molar-refractivity contribution in [3.8, 4) is 11.4 Å². The molecule has 0 unspecified atom stereocenters. The van der Waals surface area contributed by atoms with Crippen LogP contribution in [0.15, 0.2) is 29.0 Å². The number of nitrogens with two attached hydrogens (primary N) is 1. The van der Waals surface area contributed by atoms with Gasteiger partial charge in [-0.05, 0) is 24.6 Å². The van der Waals surface area contributed by atoms with Gasteiger partial charge in [-0.2, -0.15) is 0 Å². The molecule has 0 saturated carbocycles. The normalized spacial score (nSPS) is 11.0. The average Bonchev–Trinajstić information content (AvgIpc) is 2.77. The third kappa shape index (κ3) is 1.74. The van der Waals surface area contributed by atoms with Crippen molar-refractivity contribution in [3.63, 3.8) is 0 Å². The molecule has 90 valence electrons. The second kappa shape index (κ2) is 4.06. The summed E-state index contributed by atoms with van der Waals surface area (Å²) in [4.78, 5) is 15.6. The van der Waals surface area contributed by atoms with Gasteiger partial charge in [0, 0.05) is 10.0 Å². The van der Waals surface area contributed by atoms with Crippen LogP contribution in [0.1, 0.15) is 5.56 Å². The van der Waals surface area contributed by atoms with E-state index in [1.54, 1.807) is 0 Å². The maximum absolute atomic E-state index is 5.78. The highest BCUT2D eigenvalue weighted by Gasteiger charge is 2.11. The molecule has 0 radical (unpaired) electrons. The first-order valence-electron chi connectivity index (χ1n) is 5.38. The van der Waals surface area contributed by atoms with E-state index in [2.05, 4.69) is 35.9 Å². The van der Waals surface area contributed by atoms with Gasteiger partial charge in [-0.3, -0.25) is 0 Å². The molecule has 5 nitrogen and oxygen atoms in total. The zero-order chi connectivity index (χ0) is 12.7. The molecule has 2 heterocycles. The van der Waals surface area contributed by atoms with Gasteiger partial charge in [0.15, 0.2) is 11.5 Å². The monoisotopic (exact) mass is 303 g/mol. The fraction of sp³-hybridized carbons (Fsp3) is 0.0833. The molecule has 3 N–H and O–H groups in total. The number of hydrogen-bond donors (Lipinski definition) is 2. The van der Waals surface area contributed by atoms with Crippen LogP contribution in [-0.2, 0) is 0 Å². The summed E-state index contributed by atoms with van der Waals surface area (Å²) in [5.74, 6) is 1.15. The van der Waals surface area contributed by atoms with Crippen molar-refractivity contribution in [2.45, 2.75) is 6.92 Å². The number of nitrogens with one attached hydrogen (secondary N) is 1. The number of aromatic amines is 1. The number of rotatable bonds is 1. The molecule has 0 spiro atoms. The third-order valence-electron chi connectivity index (χ3n) is 2.77. The lowest BCUT2D eigenvalue weighted by atomic mass is 10.1.